The number of rotatable bonds is 9. The summed E-state index contributed by atoms with van der Waals surface area (Å²) < 4.78 is 18.8. The van der Waals surface area contributed by atoms with Crippen molar-refractivity contribution in [2.75, 3.05) is 6.61 Å². The molecule has 0 heterocycles. The van der Waals surface area contributed by atoms with Gasteiger partial charge in [-0.05, 0) is 67.2 Å². The Morgan fingerprint density at radius 1 is 1.10 bits per heavy atom. The number of hydrogen-bond donors (Lipinski definition) is 2. The van der Waals surface area contributed by atoms with Crippen LogP contribution in [-0.2, 0) is 20.5 Å². The average molecular weight is 601 g/mol. The number of hydrogen-bond acceptors (Lipinski definition) is 6. The van der Waals surface area contributed by atoms with E-state index in [1.165, 1.54) is 0 Å². The summed E-state index contributed by atoms with van der Waals surface area (Å²) >= 11 is 6.22. The van der Waals surface area contributed by atoms with Gasteiger partial charge in [-0.25, -0.2) is 4.79 Å². The monoisotopic (exact) mass is 600 g/mol. The zero-order valence-electron chi connectivity index (χ0n) is 25.1. The van der Waals surface area contributed by atoms with E-state index in [0.717, 1.165) is 5.56 Å². The predicted octanol–water partition coefficient (Wildman–Crippen LogP) is 6.94. The normalized spacial score (nSPS) is 28.5. The Labute approximate surface area is 250 Å². The molecule has 0 saturated heterocycles. The second kappa shape index (κ2) is 12.7. The summed E-state index contributed by atoms with van der Waals surface area (Å²) in [5.74, 6) is -1.18. The molecule has 0 spiro atoms. The highest BCUT2D eigenvalue weighted by Gasteiger charge is 2.52. The highest BCUT2D eigenvalue weighted by molar-refractivity contribution is 6.74. The summed E-state index contributed by atoms with van der Waals surface area (Å²) in [6.07, 6.45) is 1.35. The molecule has 4 rings (SSSR count). The molecular weight excluding hydrogens is 556 g/mol. The molecule has 0 bridgehead atoms. The van der Waals surface area contributed by atoms with Crippen LogP contribution in [-0.4, -0.2) is 55.0 Å². The van der Waals surface area contributed by atoms with Crippen molar-refractivity contribution < 1.29 is 28.9 Å². The molecule has 0 radical (unpaired) electrons. The van der Waals surface area contributed by atoms with Gasteiger partial charge >= 0.3 is 5.97 Å². The molecule has 224 valence electrons. The smallest absolute Gasteiger partial charge is 0.340 e. The Morgan fingerprint density at radius 2 is 1.76 bits per heavy atom. The van der Waals surface area contributed by atoms with Crippen molar-refractivity contribution in [3.05, 3.63) is 82.4 Å². The lowest BCUT2D eigenvalue weighted by molar-refractivity contribution is -0.0431. The van der Waals surface area contributed by atoms with Gasteiger partial charge in [0, 0.05) is 24.9 Å². The molecule has 2 aromatic carbocycles. The Morgan fingerprint density at radius 3 is 2.41 bits per heavy atom. The molecule has 0 amide bonds. The van der Waals surface area contributed by atoms with E-state index < -0.39 is 32.1 Å². The zero-order valence-corrected chi connectivity index (χ0v) is 26.9. The number of esters is 1. The van der Waals surface area contributed by atoms with Crippen molar-refractivity contribution in [1.29, 1.82) is 0 Å². The minimum Gasteiger partial charge on any atom is -0.454 e. The zero-order chi connectivity index (χ0) is 30.0. The van der Waals surface area contributed by atoms with Crippen LogP contribution in [0.15, 0.2) is 66.2 Å². The van der Waals surface area contributed by atoms with Crippen LogP contribution >= 0.6 is 11.6 Å². The first kappa shape index (κ1) is 31.9. The van der Waals surface area contributed by atoms with E-state index in [2.05, 4.69) is 33.9 Å². The summed E-state index contributed by atoms with van der Waals surface area (Å²) in [6, 6.07) is 16.8. The van der Waals surface area contributed by atoms with Gasteiger partial charge in [-0.2, -0.15) is 0 Å². The molecule has 0 aliphatic heterocycles. The van der Waals surface area contributed by atoms with Crippen LogP contribution in [0.25, 0.3) is 0 Å². The van der Waals surface area contributed by atoms with Gasteiger partial charge in [0.1, 0.15) is 6.10 Å². The van der Waals surface area contributed by atoms with Gasteiger partial charge in [0.15, 0.2) is 8.32 Å². The van der Waals surface area contributed by atoms with Crippen molar-refractivity contribution in [1.82, 2.24) is 0 Å². The van der Waals surface area contributed by atoms with Crippen molar-refractivity contribution >= 4 is 25.9 Å². The molecule has 6 atom stereocenters. The van der Waals surface area contributed by atoms with Crippen LogP contribution in [0.3, 0.4) is 0 Å². The fourth-order valence-electron chi connectivity index (χ4n) is 5.76. The van der Waals surface area contributed by atoms with Crippen LogP contribution in [0.5, 0.6) is 0 Å². The van der Waals surface area contributed by atoms with Crippen LogP contribution in [0.1, 0.15) is 62.9 Å². The Hall–Kier alpha value is -2.00. The number of carbonyl (C=O) groups is 1. The van der Waals surface area contributed by atoms with Gasteiger partial charge in [-0.3, -0.25) is 0 Å². The SMILES string of the molecule is CC(C)(C)[Si](C)(C)O[C@@H]1C[C@](C)(O)[C@@H]2C[C@@H](OC(=O)c3ccccc3Cl)C=C2[C@@H](O)[C@@H]1CCOCc1ccccc1. The van der Waals surface area contributed by atoms with Gasteiger partial charge < -0.3 is 24.1 Å². The second-order valence-corrected chi connectivity index (χ2v) is 18.5. The third-order valence-corrected chi connectivity index (χ3v) is 14.0. The summed E-state index contributed by atoms with van der Waals surface area (Å²) in [5, 5.41) is 24.0. The summed E-state index contributed by atoms with van der Waals surface area (Å²) in [6.45, 7) is 13.7. The lowest BCUT2D eigenvalue weighted by Crippen LogP contribution is -2.49. The minimum absolute atomic E-state index is 0.0301. The molecule has 6 nitrogen and oxygen atoms in total. The first-order valence-electron chi connectivity index (χ1n) is 14.6. The minimum atomic E-state index is -2.23. The van der Waals surface area contributed by atoms with E-state index in [0.29, 0.717) is 48.6 Å². The molecule has 1 saturated carbocycles. The number of carbonyl (C=O) groups excluding carboxylic acids is 1. The second-order valence-electron chi connectivity index (χ2n) is 13.3. The topological polar surface area (TPSA) is 85.2 Å². The van der Waals surface area contributed by atoms with Gasteiger partial charge in [-0.15, -0.1) is 0 Å². The van der Waals surface area contributed by atoms with E-state index in [4.69, 9.17) is 25.5 Å². The van der Waals surface area contributed by atoms with E-state index in [9.17, 15) is 15.0 Å². The maximum absolute atomic E-state index is 12.9. The Bertz CT molecular complexity index is 1220. The summed E-state index contributed by atoms with van der Waals surface area (Å²) in [5.41, 5.74) is 0.933. The van der Waals surface area contributed by atoms with E-state index in [1.54, 1.807) is 24.3 Å². The predicted molar refractivity (Wildman–Crippen MR) is 164 cm³/mol. The van der Waals surface area contributed by atoms with E-state index >= 15 is 0 Å². The van der Waals surface area contributed by atoms with E-state index in [-0.39, 0.29) is 23.0 Å². The van der Waals surface area contributed by atoms with Crippen molar-refractivity contribution in [3.63, 3.8) is 0 Å². The summed E-state index contributed by atoms with van der Waals surface area (Å²) in [4.78, 5) is 12.9. The molecule has 0 unspecified atom stereocenters. The lowest BCUT2D eigenvalue weighted by Gasteiger charge is -2.43. The molecular formula is C33H45ClO6Si. The van der Waals surface area contributed by atoms with Crippen molar-refractivity contribution in [2.24, 2.45) is 11.8 Å². The molecule has 2 N–H and O–H groups in total. The van der Waals surface area contributed by atoms with Crippen LogP contribution in [0, 0.1) is 11.8 Å². The highest BCUT2D eigenvalue weighted by Crippen LogP contribution is 2.49. The fourth-order valence-corrected chi connectivity index (χ4v) is 7.34. The third kappa shape index (κ3) is 7.50. The third-order valence-electron chi connectivity index (χ3n) is 9.15. The first-order valence-corrected chi connectivity index (χ1v) is 17.9. The quantitative estimate of drug-likeness (QED) is 0.140. The Kier molecular flexibility index (Phi) is 9.89. The van der Waals surface area contributed by atoms with Gasteiger partial charge in [0.05, 0.1) is 35.0 Å². The number of ether oxygens (including phenoxy) is 2. The lowest BCUT2D eigenvalue weighted by atomic mass is 9.82. The molecule has 8 heteroatoms. The maximum Gasteiger partial charge on any atom is 0.340 e. The fraction of sp³-hybridized carbons (Fsp3) is 0.545. The average Bonchev–Trinajstić information content (AvgIpc) is 3.30. The number of benzene rings is 2. The molecule has 2 aliphatic rings. The molecule has 0 aromatic heterocycles. The number of halogens is 1. The van der Waals surface area contributed by atoms with Crippen LogP contribution < -0.4 is 0 Å². The molecule has 2 aliphatic carbocycles. The first-order chi connectivity index (χ1) is 19.2. The maximum atomic E-state index is 12.9. The van der Waals surface area contributed by atoms with Crippen LogP contribution in [0.4, 0.5) is 0 Å². The molecule has 41 heavy (non-hydrogen) atoms. The number of aliphatic hydroxyl groups excluding tert-OH is 1. The van der Waals surface area contributed by atoms with Gasteiger partial charge in [0.25, 0.3) is 0 Å². The largest absolute Gasteiger partial charge is 0.454 e. The van der Waals surface area contributed by atoms with Crippen LogP contribution in [0.2, 0.25) is 23.2 Å². The Balaban J connectivity index is 1.57. The van der Waals surface area contributed by atoms with Gasteiger partial charge in [-0.1, -0.05) is 74.8 Å². The number of fused-ring (bicyclic) bond motifs is 1. The molecule has 2 aromatic rings. The van der Waals surface area contributed by atoms with Crippen molar-refractivity contribution in [2.45, 2.75) is 95.6 Å². The standard InChI is InChI=1S/C33H45ClO6Si/c1-32(2,3)41(5,6)40-29-20-33(4,37)27-19-23(39-31(36)24-14-10-11-15-28(24)34)18-26(27)30(35)25(29)16-17-38-21-22-12-8-7-9-13-22/h7-15,18,23,25,27,29-30,35,37H,16-17,19-21H2,1-6H3/t23-,25+,27+,29+,30-,33-/m0/s1. The summed E-state index contributed by atoms with van der Waals surface area (Å²) in [7, 11) is -2.23. The highest BCUT2D eigenvalue weighted by atomic mass is 35.5. The van der Waals surface area contributed by atoms with Gasteiger partial charge in [0.2, 0.25) is 0 Å². The van der Waals surface area contributed by atoms with Crippen molar-refractivity contribution in [3.8, 4) is 0 Å². The number of aliphatic hydroxyl groups is 2. The molecule has 1 fully saturated rings. The van der Waals surface area contributed by atoms with E-state index in [1.807, 2.05) is 43.3 Å².